The molecule has 0 spiro atoms. The van der Waals surface area contributed by atoms with Crippen LogP contribution in [0.15, 0.2) is 30.3 Å². The topological polar surface area (TPSA) is 79.8 Å². The lowest BCUT2D eigenvalue weighted by Gasteiger charge is -2.20. The largest absolute Gasteiger partial charge is 0.465 e. The van der Waals surface area contributed by atoms with E-state index in [4.69, 9.17) is 14.2 Å². The first-order valence-corrected chi connectivity index (χ1v) is 7.58. The van der Waals surface area contributed by atoms with E-state index in [1.807, 2.05) is 44.2 Å². The van der Waals surface area contributed by atoms with Gasteiger partial charge in [-0.1, -0.05) is 30.3 Å². The lowest BCUT2D eigenvalue weighted by atomic mass is 10.2. The van der Waals surface area contributed by atoms with Gasteiger partial charge in [-0.2, -0.15) is 0 Å². The Morgan fingerprint density at radius 2 is 2.00 bits per heavy atom. The quantitative estimate of drug-likeness (QED) is 0.482. The molecule has 0 saturated heterocycles. The van der Waals surface area contributed by atoms with E-state index in [1.54, 1.807) is 0 Å². The molecule has 20 heavy (non-hydrogen) atoms. The Morgan fingerprint density at radius 3 is 2.60 bits per heavy atom. The maximum atomic E-state index is 10.3. The summed E-state index contributed by atoms with van der Waals surface area (Å²) in [6.45, 7) is 4.97. The van der Waals surface area contributed by atoms with E-state index in [-0.39, 0.29) is 19.2 Å². The molecule has 0 aliphatic heterocycles. The maximum absolute atomic E-state index is 10.3. The highest BCUT2D eigenvalue weighted by molar-refractivity contribution is 7.44. The van der Waals surface area contributed by atoms with Crippen molar-refractivity contribution in [1.82, 2.24) is 10.4 Å². The van der Waals surface area contributed by atoms with Crippen LogP contribution in [0.5, 0.6) is 0 Å². The molecule has 0 heterocycles. The predicted molar refractivity (Wildman–Crippen MR) is 78.4 cm³/mol. The monoisotopic (exact) mass is 300 g/mol. The van der Waals surface area contributed by atoms with E-state index in [0.717, 1.165) is 5.56 Å². The Labute approximate surface area is 120 Å². The van der Waals surface area contributed by atoms with Crippen LogP contribution < -0.4 is 10.4 Å². The van der Waals surface area contributed by atoms with Gasteiger partial charge < -0.3 is 19.5 Å². The Hall–Kier alpha value is -1.20. The first-order chi connectivity index (χ1) is 9.58. The SMILES string of the molecule is CC(C)NP(OCCNC(=O)O)OCc1ccccc1. The minimum atomic E-state index is -1.24. The summed E-state index contributed by atoms with van der Waals surface area (Å²) in [4.78, 5) is 10.3. The Kier molecular flexibility index (Phi) is 8.14. The van der Waals surface area contributed by atoms with Gasteiger partial charge in [0.05, 0.1) is 13.2 Å². The van der Waals surface area contributed by atoms with E-state index in [2.05, 4.69) is 10.4 Å². The minimum Gasteiger partial charge on any atom is -0.465 e. The number of carboxylic acid groups (broad SMARTS) is 1. The van der Waals surface area contributed by atoms with Gasteiger partial charge in [-0.25, -0.2) is 9.88 Å². The normalized spacial score (nSPS) is 12.3. The fourth-order valence-corrected chi connectivity index (χ4v) is 2.49. The van der Waals surface area contributed by atoms with Gasteiger partial charge >= 0.3 is 6.09 Å². The third-order valence-corrected chi connectivity index (χ3v) is 3.65. The first-order valence-electron chi connectivity index (χ1n) is 6.41. The number of nitrogens with one attached hydrogen (secondary N) is 2. The molecule has 6 nitrogen and oxygen atoms in total. The molecule has 112 valence electrons. The average molecular weight is 300 g/mol. The molecule has 1 atom stereocenters. The van der Waals surface area contributed by atoms with Crippen LogP contribution in [0.3, 0.4) is 0 Å². The molecule has 0 aliphatic carbocycles. The molecule has 1 rings (SSSR count). The lowest BCUT2D eigenvalue weighted by molar-refractivity contribution is 0.188. The molecule has 3 N–H and O–H groups in total. The predicted octanol–water partition coefficient (Wildman–Crippen LogP) is 2.71. The van der Waals surface area contributed by atoms with E-state index >= 15 is 0 Å². The molecule has 0 fully saturated rings. The average Bonchev–Trinajstić information content (AvgIpc) is 2.41. The molecule has 0 aliphatic rings. The summed E-state index contributed by atoms with van der Waals surface area (Å²) in [5.74, 6) is 0. The summed E-state index contributed by atoms with van der Waals surface area (Å²) in [5, 5.41) is 13.9. The highest BCUT2D eigenvalue weighted by Gasteiger charge is 2.12. The van der Waals surface area contributed by atoms with Crippen LogP contribution in [0, 0.1) is 0 Å². The summed E-state index contributed by atoms with van der Waals surface area (Å²) < 4.78 is 11.2. The standard InChI is InChI=1S/C13H21N2O4P/c1-11(2)15-20(18-9-8-14-13(16)17)19-10-12-6-4-3-5-7-12/h3-7,11,14-15H,8-10H2,1-2H3,(H,16,17). The molecule has 1 amide bonds. The zero-order chi connectivity index (χ0) is 14.8. The number of carbonyl (C=O) groups is 1. The van der Waals surface area contributed by atoms with Crippen LogP contribution in [-0.2, 0) is 15.7 Å². The van der Waals surface area contributed by atoms with Crippen LogP contribution in [0.4, 0.5) is 4.79 Å². The summed E-state index contributed by atoms with van der Waals surface area (Å²) in [7, 11) is -1.24. The highest BCUT2D eigenvalue weighted by atomic mass is 31.2. The van der Waals surface area contributed by atoms with Gasteiger partial charge in [-0.15, -0.1) is 0 Å². The lowest BCUT2D eigenvalue weighted by Crippen LogP contribution is -2.26. The van der Waals surface area contributed by atoms with E-state index in [1.165, 1.54) is 0 Å². The van der Waals surface area contributed by atoms with Gasteiger partial charge in [0.15, 0.2) is 0 Å². The van der Waals surface area contributed by atoms with Gasteiger partial charge in [0, 0.05) is 12.6 Å². The Balaban J connectivity index is 2.33. The van der Waals surface area contributed by atoms with Crippen molar-refractivity contribution in [2.24, 2.45) is 0 Å². The summed E-state index contributed by atoms with van der Waals surface area (Å²) >= 11 is 0. The summed E-state index contributed by atoms with van der Waals surface area (Å²) in [6, 6.07) is 10.0. The van der Waals surface area contributed by atoms with Gasteiger partial charge in [0.25, 0.3) is 8.53 Å². The molecule has 1 unspecified atom stereocenters. The Morgan fingerprint density at radius 1 is 1.30 bits per heavy atom. The second kappa shape index (κ2) is 9.66. The van der Waals surface area contributed by atoms with E-state index in [9.17, 15) is 4.79 Å². The van der Waals surface area contributed by atoms with Crippen LogP contribution in [0.2, 0.25) is 0 Å². The zero-order valence-corrected chi connectivity index (χ0v) is 12.6. The van der Waals surface area contributed by atoms with E-state index in [0.29, 0.717) is 6.61 Å². The van der Waals surface area contributed by atoms with Crippen molar-refractivity contribution in [2.45, 2.75) is 26.5 Å². The number of hydrogen-bond acceptors (Lipinski definition) is 4. The fraction of sp³-hybridized carbons (Fsp3) is 0.462. The molecule has 1 aromatic rings. The zero-order valence-electron chi connectivity index (χ0n) is 11.7. The van der Waals surface area contributed by atoms with Crippen molar-refractivity contribution in [1.29, 1.82) is 0 Å². The molecular formula is C13H21N2O4P. The van der Waals surface area contributed by atoms with Gasteiger partial charge in [-0.05, 0) is 19.4 Å². The molecule has 0 radical (unpaired) electrons. The van der Waals surface area contributed by atoms with Gasteiger partial charge in [-0.3, -0.25) is 0 Å². The van der Waals surface area contributed by atoms with Gasteiger partial charge in [0.2, 0.25) is 0 Å². The van der Waals surface area contributed by atoms with Crippen molar-refractivity contribution in [3.63, 3.8) is 0 Å². The molecule has 7 heteroatoms. The smallest absolute Gasteiger partial charge is 0.404 e. The van der Waals surface area contributed by atoms with Gasteiger partial charge in [0.1, 0.15) is 0 Å². The number of hydrogen-bond donors (Lipinski definition) is 3. The third kappa shape index (κ3) is 8.07. The number of amides is 1. The Bertz CT molecular complexity index is 389. The highest BCUT2D eigenvalue weighted by Crippen LogP contribution is 2.35. The van der Waals surface area contributed by atoms with Crippen LogP contribution in [0.25, 0.3) is 0 Å². The van der Waals surface area contributed by atoms with Crippen molar-refractivity contribution < 1.29 is 18.9 Å². The maximum Gasteiger partial charge on any atom is 0.404 e. The van der Waals surface area contributed by atoms with Crippen molar-refractivity contribution in [3.05, 3.63) is 35.9 Å². The molecule has 0 aromatic heterocycles. The fourth-order valence-electron chi connectivity index (χ4n) is 1.32. The molecular weight excluding hydrogens is 279 g/mol. The third-order valence-electron chi connectivity index (χ3n) is 2.14. The second-order valence-corrected chi connectivity index (χ2v) is 5.65. The molecule has 0 bridgehead atoms. The van der Waals surface area contributed by atoms with Crippen molar-refractivity contribution in [2.75, 3.05) is 13.2 Å². The number of rotatable bonds is 9. The van der Waals surface area contributed by atoms with Crippen molar-refractivity contribution >= 4 is 14.6 Å². The summed E-state index contributed by atoms with van der Waals surface area (Å²) in [6.07, 6.45) is -1.06. The summed E-state index contributed by atoms with van der Waals surface area (Å²) in [5.41, 5.74) is 1.07. The molecule has 0 saturated carbocycles. The van der Waals surface area contributed by atoms with Crippen molar-refractivity contribution in [3.8, 4) is 0 Å². The van der Waals surface area contributed by atoms with E-state index < -0.39 is 14.6 Å². The first kappa shape index (κ1) is 16.9. The number of benzene rings is 1. The molecule has 1 aromatic carbocycles. The van der Waals surface area contributed by atoms with Crippen LogP contribution in [-0.4, -0.2) is 30.4 Å². The minimum absolute atomic E-state index is 0.226. The second-order valence-electron chi connectivity index (χ2n) is 4.37. The van der Waals surface area contributed by atoms with Crippen LogP contribution >= 0.6 is 8.53 Å². The van der Waals surface area contributed by atoms with Crippen LogP contribution in [0.1, 0.15) is 19.4 Å².